The van der Waals surface area contributed by atoms with E-state index < -0.39 is 26.0 Å². The quantitative estimate of drug-likeness (QED) is 0.447. The number of benzene rings is 3. The van der Waals surface area contributed by atoms with Gasteiger partial charge in [-0.3, -0.25) is 9.52 Å². The van der Waals surface area contributed by atoms with Crippen LogP contribution in [0.25, 0.3) is 0 Å². The van der Waals surface area contributed by atoms with Crippen molar-refractivity contribution in [2.24, 2.45) is 0 Å². The van der Waals surface area contributed by atoms with Crippen LogP contribution in [0.3, 0.4) is 0 Å². The molecule has 12 heteroatoms. The van der Waals surface area contributed by atoms with Gasteiger partial charge < -0.3 is 10.1 Å². The van der Waals surface area contributed by atoms with Crippen LogP contribution in [0.5, 0.6) is 0 Å². The van der Waals surface area contributed by atoms with Gasteiger partial charge in [-0.2, -0.15) is 4.31 Å². The number of halogens is 1. The van der Waals surface area contributed by atoms with E-state index in [-0.39, 0.29) is 33.5 Å². The van der Waals surface area contributed by atoms with Crippen LogP contribution in [-0.2, 0) is 24.8 Å². The van der Waals surface area contributed by atoms with E-state index in [1.165, 1.54) is 46.8 Å². The first kappa shape index (κ1) is 27.1. The van der Waals surface area contributed by atoms with Crippen molar-refractivity contribution in [3.63, 3.8) is 0 Å². The van der Waals surface area contributed by atoms with E-state index in [2.05, 4.69) is 10.0 Å². The summed E-state index contributed by atoms with van der Waals surface area (Å²) < 4.78 is 60.6. The van der Waals surface area contributed by atoms with Crippen LogP contribution in [0.1, 0.15) is 21.5 Å². The van der Waals surface area contributed by atoms with Crippen molar-refractivity contribution in [1.29, 1.82) is 0 Å². The molecule has 0 spiro atoms. The average molecular weight is 564 g/mol. The van der Waals surface area contributed by atoms with Crippen molar-refractivity contribution in [1.82, 2.24) is 4.31 Å². The summed E-state index contributed by atoms with van der Waals surface area (Å²) >= 11 is 6.17. The molecule has 1 aliphatic heterocycles. The third-order valence-corrected chi connectivity index (χ3v) is 9.74. The van der Waals surface area contributed by atoms with Crippen LogP contribution in [0, 0.1) is 13.8 Å². The van der Waals surface area contributed by atoms with Gasteiger partial charge in [0.05, 0.1) is 23.1 Å². The van der Waals surface area contributed by atoms with Gasteiger partial charge in [0.25, 0.3) is 15.9 Å². The summed E-state index contributed by atoms with van der Waals surface area (Å²) in [6, 6.07) is 14.9. The number of morpholine rings is 1. The lowest BCUT2D eigenvalue weighted by Crippen LogP contribution is -2.40. The van der Waals surface area contributed by atoms with Gasteiger partial charge in [-0.25, -0.2) is 16.8 Å². The molecule has 1 aliphatic rings. The minimum absolute atomic E-state index is 0.0365. The SMILES string of the molecule is Cc1ccc(NS(=O)(=O)c2cc(C(=O)Nc3ccc(S(=O)(=O)N4CCOCC4)cc3)ccc2Cl)cc1C. The molecule has 0 unspecified atom stereocenters. The van der Waals surface area contributed by atoms with Gasteiger partial charge in [0.15, 0.2) is 0 Å². The maximum Gasteiger partial charge on any atom is 0.263 e. The number of carbonyl (C=O) groups excluding carboxylic acids is 1. The summed E-state index contributed by atoms with van der Waals surface area (Å²) in [6.07, 6.45) is 0. The summed E-state index contributed by atoms with van der Waals surface area (Å²) in [7, 11) is -7.74. The van der Waals surface area contributed by atoms with Crippen LogP contribution >= 0.6 is 11.6 Å². The highest BCUT2D eigenvalue weighted by molar-refractivity contribution is 7.92. The third-order valence-electron chi connectivity index (χ3n) is 5.96. The van der Waals surface area contributed by atoms with Gasteiger partial charge in [0.2, 0.25) is 10.0 Å². The lowest BCUT2D eigenvalue weighted by molar-refractivity contribution is 0.0730. The monoisotopic (exact) mass is 563 g/mol. The molecule has 3 aromatic carbocycles. The smallest absolute Gasteiger partial charge is 0.263 e. The van der Waals surface area contributed by atoms with Gasteiger partial charge in [-0.05, 0) is 79.6 Å². The largest absolute Gasteiger partial charge is 0.379 e. The standard InChI is InChI=1S/C25H26ClN3O6S2/c1-17-3-5-21(15-18(17)2)28-36(31,32)24-16-19(4-10-23(24)26)25(30)27-20-6-8-22(9-7-20)37(33,34)29-11-13-35-14-12-29/h3-10,15-16,28H,11-14H2,1-2H3,(H,27,30). The average Bonchev–Trinajstić information content (AvgIpc) is 2.87. The van der Waals surface area contributed by atoms with Gasteiger partial charge in [-0.15, -0.1) is 0 Å². The number of ether oxygens (including phenoxy) is 1. The zero-order valence-electron chi connectivity index (χ0n) is 20.2. The molecular formula is C25H26ClN3O6S2. The minimum atomic E-state index is -4.08. The van der Waals surface area contributed by atoms with Crippen LogP contribution in [0.4, 0.5) is 11.4 Å². The molecule has 0 saturated carbocycles. The highest BCUT2D eigenvalue weighted by atomic mass is 35.5. The van der Waals surface area contributed by atoms with E-state index in [0.29, 0.717) is 24.6 Å². The molecule has 1 amide bonds. The van der Waals surface area contributed by atoms with Gasteiger partial charge in [0, 0.05) is 30.0 Å². The second-order valence-corrected chi connectivity index (χ2v) is 12.5. The number of rotatable bonds is 7. The Hall–Kier alpha value is -2.96. The molecule has 9 nitrogen and oxygen atoms in total. The molecule has 196 valence electrons. The van der Waals surface area contributed by atoms with E-state index in [4.69, 9.17) is 16.3 Å². The summed E-state index contributed by atoms with van der Waals surface area (Å²) in [5.41, 5.74) is 2.73. The number of aryl methyl sites for hydroxylation is 2. The van der Waals surface area contributed by atoms with Crippen molar-refractivity contribution in [2.75, 3.05) is 36.3 Å². The Balaban J connectivity index is 1.51. The van der Waals surface area contributed by atoms with E-state index in [9.17, 15) is 21.6 Å². The third kappa shape index (κ3) is 6.13. The highest BCUT2D eigenvalue weighted by Gasteiger charge is 2.26. The summed E-state index contributed by atoms with van der Waals surface area (Å²) in [5.74, 6) is -0.580. The second-order valence-electron chi connectivity index (χ2n) is 8.54. The number of anilines is 2. The Morgan fingerprint density at radius 3 is 2.16 bits per heavy atom. The Morgan fingerprint density at radius 1 is 0.865 bits per heavy atom. The number of nitrogens with zero attached hydrogens (tertiary/aromatic N) is 1. The Kier molecular flexibility index (Phi) is 7.91. The number of amides is 1. The number of carbonyl (C=O) groups is 1. The molecule has 37 heavy (non-hydrogen) atoms. The molecule has 3 aromatic rings. The van der Waals surface area contributed by atoms with E-state index in [1.54, 1.807) is 18.2 Å². The Bertz CT molecular complexity index is 1540. The van der Waals surface area contributed by atoms with Gasteiger partial charge in [0.1, 0.15) is 4.90 Å². The zero-order valence-corrected chi connectivity index (χ0v) is 22.6. The second kappa shape index (κ2) is 10.8. The molecule has 0 aliphatic carbocycles. The zero-order chi connectivity index (χ0) is 26.8. The highest BCUT2D eigenvalue weighted by Crippen LogP contribution is 2.27. The summed E-state index contributed by atoms with van der Waals surface area (Å²) in [4.78, 5) is 12.7. The fourth-order valence-electron chi connectivity index (χ4n) is 3.72. The molecule has 1 saturated heterocycles. The van der Waals surface area contributed by atoms with Crippen molar-refractivity contribution in [3.8, 4) is 0 Å². The first-order valence-corrected chi connectivity index (χ1v) is 14.7. The molecule has 0 bridgehead atoms. The van der Waals surface area contributed by atoms with Crippen LogP contribution in [0.15, 0.2) is 70.5 Å². The number of sulfonamides is 2. The van der Waals surface area contributed by atoms with Gasteiger partial charge in [-0.1, -0.05) is 17.7 Å². The first-order valence-electron chi connectivity index (χ1n) is 11.4. The van der Waals surface area contributed by atoms with Crippen molar-refractivity contribution in [2.45, 2.75) is 23.6 Å². The molecule has 1 heterocycles. The molecule has 0 radical (unpaired) electrons. The lowest BCUT2D eigenvalue weighted by Gasteiger charge is -2.26. The molecule has 2 N–H and O–H groups in total. The lowest BCUT2D eigenvalue weighted by atomic mass is 10.1. The van der Waals surface area contributed by atoms with Crippen molar-refractivity contribution < 1.29 is 26.4 Å². The fraction of sp³-hybridized carbons (Fsp3) is 0.240. The minimum Gasteiger partial charge on any atom is -0.379 e. The van der Waals surface area contributed by atoms with Crippen LogP contribution < -0.4 is 10.0 Å². The summed E-state index contributed by atoms with van der Waals surface area (Å²) in [6.45, 7) is 5.03. The molecule has 4 rings (SSSR count). The number of hydrogen-bond acceptors (Lipinski definition) is 6. The predicted octanol–water partition coefficient (Wildman–Crippen LogP) is 4.03. The van der Waals surface area contributed by atoms with Gasteiger partial charge >= 0.3 is 0 Å². The van der Waals surface area contributed by atoms with E-state index in [0.717, 1.165) is 11.1 Å². The molecule has 1 fully saturated rings. The van der Waals surface area contributed by atoms with Crippen molar-refractivity contribution in [3.05, 3.63) is 82.4 Å². The maximum atomic E-state index is 13.0. The van der Waals surface area contributed by atoms with E-state index >= 15 is 0 Å². The first-order chi connectivity index (χ1) is 17.5. The predicted molar refractivity (Wildman–Crippen MR) is 142 cm³/mol. The Morgan fingerprint density at radius 2 is 1.51 bits per heavy atom. The van der Waals surface area contributed by atoms with Crippen LogP contribution in [0.2, 0.25) is 5.02 Å². The molecular weight excluding hydrogens is 538 g/mol. The molecule has 0 aromatic heterocycles. The van der Waals surface area contributed by atoms with Crippen molar-refractivity contribution >= 4 is 48.9 Å². The van der Waals surface area contributed by atoms with E-state index in [1.807, 2.05) is 13.8 Å². The number of nitrogens with one attached hydrogen (secondary N) is 2. The summed E-state index contributed by atoms with van der Waals surface area (Å²) in [5, 5.41) is 2.62. The number of hydrogen-bond donors (Lipinski definition) is 2. The maximum absolute atomic E-state index is 13.0. The van der Waals surface area contributed by atoms with Crippen LogP contribution in [-0.4, -0.2) is 53.4 Å². The topological polar surface area (TPSA) is 122 Å². The fourth-order valence-corrected chi connectivity index (χ4v) is 6.70. The molecule has 0 atom stereocenters. The Labute approximate surface area is 221 Å². The normalized spacial score (nSPS) is 14.8.